The van der Waals surface area contributed by atoms with E-state index >= 15 is 0 Å². The molecule has 0 saturated heterocycles. The third-order valence-electron chi connectivity index (χ3n) is 2.18. The molecule has 0 spiro atoms. The highest BCUT2D eigenvalue weighted by Gasteiger charge is 2.05. The minimum atomic E-state index is -0.430. The van der Waals surface area contributed by atoms with E-state index in [4.69, 9.17) is 0 Å². The van der Waals surface area contributed by atoms with Crippen molar-refractivity contribution in [2.24, 2.45) is 0 Å². The second kappa shape index (κ2) is 4.02. The predicted molar refractivity (Wildman–Crippen MR) is 59.7 cm³/mol. The largest absolute Gasteiger partial charge is 0.309 e. The van der Waals surface area contributed by atoms with Crippen molar-refractivity contribution in [3.63, 3.8) is 0 Å². The number of benzene rings is 1. The number of fused-ring (bicyclic) bond motifs is 1. The summed E-state index contributed by atoms with van der Waals surface area (Å²) in [5.74, 6) is 0.147. The van der Waals surface area contributed by atoms with Crippen LogP contribution in [0.1, 0.15) is 5.82 Å². The summed E-state index contributed by atoms with van der Waals surface area (Å²) in [4.78, 5) is 20.4. The Labute approximate surface area is 91.7 Å². The molecule has 1 heterocycles. The Hall–Kier alpha value is -1.75. The monoisotopic (exact) mass is 221 g/mol. The van der Waals surface area contributed by atoms with Crippen LogP contribution in [-0.4, -0.2) is 29.0 Å². The van der Waals surface area contributed by atoms with E-state index < -0.39 is 5.82 Å². The van der Waals surface area contributed by atoms with Crippen LogP contribution in [0.5, 0.6) is 0 Å². The van der Waals surface area contributed by atoms with Gasteiger partial charge in [-0.2, -0.15) is 0 Å². The first kappa shape index (κ1) is 10.8. The van der Waals surface area contributed by atoms with Crippen molar-refractivity contribution < 1.29 is 4.39 Å². The number of H-pyrrole nitrogens is 1. The van der Waals surface area contributed by atoms with Crippen molar-refractivity contribution in [2.75, 3.05) is 14.1 Å². The number of nitrogens with zero attached hydrogens (tertiary/aromatic N) is 2. The molecule has 0 aliphatic rings. The van der Waals surface area contributed by atoms with E-state index in [1.54, 1.807) is 0 Å². The van der Waals surface area contributed by atoms with Gasteiger partial charge in [-0.15, -0.1) is 0 Å². The fraction of sp³-hybridized carbons (Fsp3) is 0.273. The minimum Gasteiger partial charge on any atom is -0.309 e. The van der Waals surface area contributed by atoms with Gasteiger partial charge in [0, 0.05) is 0 Å². The number of aromatic nitrogens is 2. The molecule has 1 aromatic heterocycles. The molecule has 1 aromatic carbocycles. The van der Waals surface area contributed by atoms with Crippen molar-refractivity contribution in [3.8, 4) is 0 Å². The smallest absolute Gasteiger partial charge is 0.258 e. The molecule has 4 nitrogen and oxygen atoms in total. The Morgan fingerprint density at radius 2 is 2.19 bits per heavy atom. The first-order valence-electron chi connectivity index (χ1n) is 4.89. The van der Waals surface area contributed by atoms with Crippen LogP contribution >= 0.6 is 0 Å². The molecule has 0 atom stereocenters. The third kappa shape index (κ3) is 2.09. The van der Waals surface area contributed by atoms with E-state index in [1.165, 1.54) is 18.2 Å². The average molecular weight is 221 g/mol. The van der Waals surface area contributed by atoms with E-state index in [-0.39, 0.29) is 10.9 Å². The van der Waals surface area contributed by atoms with Crippen LogP contribution in [0.2, 0.25) is 0 Å². The lowest BCUT2D eigenvalue weighted by Crippen LogP contribution is -2.18. The van der Waals surface area contributed by atoms with Crippen molar-refractivity contribution in [1.82, 2.24) is 14.9 Å². The first-order chi connectivity index (χ1) is 7.56. The molecule has 2 rings (SSSR count). The van der Waals surface area contributed by atoms with Crippen LogP contribution in [0, 0.1) is 5.82 Å². The zero-order valence-corrected chi connectivity index (χ0v) is 9.12. The van der Waals surface area contributed by atoms with E-state index in [9.17, 15) is 9.18 Å². The minimum absolute atomic E-state index is 0.280. The van der Waals surface area contributed by atoms with E-state index in [1.807, 2.05) is 19.0 Å². The van der Waals surface area contributed by atoms with Crippen LogP contribution in [0.3, 0.4) is 0 Å². The summed E-state index contributed by atoms with van der Waals surface area (Å²) >= 11 is 0. The quantitative estimate of drug-likeness (QED) is 0.826. The van der Waals surface area contributed by atoms with Crippen molar-refractivity contribution in [1.29, 1.82) is 0 Å². The van der Waals surface area contributed by atoms with Crippen LogP contribution in [0.15, 0.2) is 23.0 Å². The normalized spacial score (nSPS) is 11.2. The Morgan fingerprint density at radius 1 is 1.44 bits per heavy atom. The van der Waals surface area contributed by atoms with Crippen LogP contribution in [0.4, 0.5) is 4.39 Å². The highest BCUT2D eigenvalue weighted by atomic mass is 19.1. The summed E-state index contributed by atoms with van der Waals surface area (Å²) in [6, 6.07) is 4.01. The third-order valence-corrected chi connectivity index (χ3v) is 2.18. The van der Waals surface area contributed by atoms with Gasteiger partial charge in [-0.3, -0.25) is 4.79 Å². The topological polar surface area (TPSA) is 49.0 Å². The zero-order chi connectivity index (χ0) is 11.7. The van der Waals surface area contributed by atoms with E-state index in [0.717, 1.165) is 0 Å². The maximum Gasteiger partial charge on any atom is 0.258 e. The van der Waals surface area contributed by atoms with Gasteiger partial charge in [-0.25, -0.2) is 9.37 Å². The number of hydrogen-bond donors (Lipinski definition) is 1. The predicted octanol–water partition coefficient (Wildman–Crippen LogP) is 1.12. The number of halogens is 1. The maximum absolute atomic E-state index is 12.9. The molecule has 0 bridgehead atoms. The van der Waals surface area contributed by atoms with Crippen LogP contribution in [-0.2, 0) is 6.54 Å². The fourth-order valence-electron chi connectivity index (χ4n) is 1.53. The molecular weight excluding hydrogens is 209 g/mol. The molecule has 0 unspecified atom stereocenters. The zero-order valence-electron chi connectivity index (χ0n) is 9.12. The SMILES string of the molecule is CN(C)Cc1nc2ccc(F)cc2c(=O)[nH]1. The summed E-state index contributed by atoms with van der Waals surface area (Å²) < 4.78 is 12.9. The van der Waals surface area contributed by atoms with Gasteiger partial charge >= 0.3 is 0 Å². The van der Waals surface area contributed by atoms with E-state index in [0.29, 0.717) is 17.9 Å². The average Bonchev–Trinajstić information content (AvgIpc) is 2.18. The molecule has 84 valence electrons. The highest BCUT2D eigenvalue weighted by Crippen LogP contribution is 2.09. The molecule has 0 aliphatic heterocycles. The van der Waals surface area contributed by atoms with Gasteiger partial charge in [0.15, 0.2) is 0 Å². The Balaban J connectivity index is 2.59. The van der Waals surface area contributed by atoms with E-state index in [2.05, 4.69) is 9.97 Å². The number of rotatable bonds is 2. The second-order valence-electron chi connectivity index (χ2n) is 3.91. The first-order valence-corrected chi connectivity index (χ1v) is 4.89. The lowest BCUT2D eigenvalue weighted by atomic mass is 10.2. The number of aromatic amines is 1. The molecule has 2 aromatic rings. The summed E-state index contributed by atoms with van der Waals surface area (Å²) in [7, 11) is 3.77. The standard InChI is InChI=1S/C11H12FN3O/c1-15(2)6-10-13-9-4-3-7(12)5-8(9)11(16)14-10/h3-5H,6H2,1-2H3,(H,13,14,16). The van der Waals surface area contributed by atoms with Crippen LogP contribution < -0.4 is 5.56 Å². The lowest BCUT2D eigenvalue weighted by molar-refractivity contribution is 0.390. The van der Waals surface area contributed by atoms with Gasteiger partial charge in [-0.1, -0.05) is 0 Å². The molecule has 1 N–H and O–H groups in total. The molecule has 0 fully saturated rings. The summed E-state index contributed by atoms with van der Waals surface area (Å²) in [6.45, 7) is 0.544. The molecular formula is C11H12FN3O. The molecule has 0 saturated carbocycles. The lowest BCUT2D eigenvalue weighted by Gasteiger charge is -2.08. The molecule has 0 aliphatic carbocycles. The molecule has 16 heavy (non-hydrogen) atoms. The van der Waals surface area contributed by atoms with Crippen molar-refractivity contribution in [3.05, 3.63) is 40.2 Å². The number of nitrogens with one attached hydrogen (secondary N) is 1. The maximum atomic E-state index is 12.9. The highest BCUT2D eigenvalue weighted by molar-refractivity contribution is 5.77. The summed E-state index contributed by atoms with van der Waals surface area (Å²) in [5, 5.41) is 0.280. The van der Waals surface area contributed by atoms with Gasteiger partial charge in [0.1, 0.15) is 11.6 Å². The van der Waals surface area contributed by atoms with Crippen LogP contribution in [0.25, 0.3) is 10.9 Å². The van der Waals surface area contributed by atoms with Gasteiger partial charge in [0.05, 0.1) is 17.4 Å². The molecule has 0 amide bonds. The molecule has 5 heteroatoms. The summed E-state index contributed by atoms with van der Waals surface area (Å²) in [5.41, 5.74) is 0.211. The Bertz CT molecular complexity index is 577. The fourth-order valence-corrected chi connectivity index (χ4v) is 1.53. The Kier molecular flexibility index (Phi) is 2.70. The van der Waals surface area contributed by atoms with Crippen molar-refractivity contribution >= 4 is 10.9 Å². The summed E-state index contributed by atoms with van der Waals surface area (Å²) in [6.07, 6.45) is 0. The number of hydrogen-bond acceptors (Lipinski definition) is 3. The second-order valence-corrected chi connectivity index (χ2v) is 3.91. The van der Waals surface area contributed by atoms with Gasteiger partial charge < -0.3 is 9.88 Å². The Morgan fingerprint density at radius 3 is 2.88 bits per heavy atom. The molecule has 0 radical (unpaired) electrons. The van der Waals surface area contributed by atoms with Gasteiger partial charge in [0.2, 0.25) is 0 Å². The van der Waals surface area contributed by atoms with Gasteiger partial charge in [0.25, 0.3) is 5.56 Å². The van der Waals surface area contributed by atoms with Crippen molar-refractivity contribution in [2.45, 2.75) is 6.54 Å². The van der Waals surface area contributed by atoms with Gasteiger partial charge in [-0.05, 0) is 32.3 Å².